The van der Waals surface area contributed by atoms with E-state index in [2.05, 4.69) is 5.32 Å². The summed E-state index contributed by atoms with van der Waals surface area (Å²) in [7, 11) is 1.58. The molecule has 3 atom stereocenters. The third kappa shape index (κ3) is 3.39. The molecule has 1 aromatic carbocycles. The summed E-state index contributed by atoms with van der Waals surface area (Å²) in [4.78, 5) is 0. The topological polar surface area (TPSA) is 61.7 Å². The van der Waals surface area contributed by atoms with Crippen molar-refractivity contribution in [2.45, 2.75) is 50.8 Å². The Bertz CT molecular complexity index is 422. The molecule has 1 aliphatic rings. The predicted molar refractivity (Wildman–Crippen MR) is 74.5 cm³/mol. The molecule has 0 aromatic heterocycles. The Morgan fingerprint density at radius 1 is 1.32 bits per heavy atom. The first kappa shape index (κ1) is 14.2. The SMILES string of the molecule is COc1ccc(C(C)NC2CCCCC2O)c(O)c1. The molecule has 106 valence electrons. The van der Waals surface area contributed by atoms with Gasteiger partial charge in [-0.2, -0.15) is 0 Å². The average Bonchev–Trinajstić information content (AvgIpc) is 2.41. The van der Waals surface area contributed by atoms with E-state index in [-0.39, 0.29) is 23.9 Å². The van der Waals surface area contributed by atoms with Gasteiger partial charge in [-0.25, -0.2) is 0 Å². The number of methoxy groups -OCH3 is 1. The summed E-state index contributed by atoms with van der Waals surface area (Å²) in [5.41, 5.74) is 0.832. The van der Waals surface area contributed by atoms with Gasteiger partial charge in [0, 0.05) is 23.7 Å². The number of aromatic hydroxyl groups is 1. The van der Waals surface area contributed by atoms with Gasteiger partial charge in [-0.15, -0.1) is 0 Å². The normalized spacial score (nSPS) is 25.0. The van der Waals surface area contributed by atoms with Gasteiger partial charge in [-0.05, 0) is 25.8 Å². The Kier molecular flexibility index (Phi) is 4.66. The zero-order valence-corrected chi connectivity index (χ0v) is 11.6. The number of hydrogen-bond acceptors (Lipinski definition) is 4. The first-order chi connectivity index (χ1) is 9.11. The maximum absolute atomic E-state index is 10.0. The van der Waals surface area contributed by atoms with Crippen LogP contribution in [0.3, 0.4) is 0 Å². The highest BCUT2D eigenvalue weighted by molar-refractivity contribution is 5.41. The molecule has 0 aliphatic heterocycles. The Hall–Kier alpha value is -1.26. The second-order valence-electron chi connectivity index (χ2n) is 5.27. The largest absolute Gasteiger partial charge is 0.507 e. The number of nitrogens with one attached hydrogen (secondary N) is 1. The number of ether oxygens (including phenoxy) is 1. The van der Waals surface area contributed by atoms with Gasteiger partial charge in [-0.3, -0.25) is 0 Å². The first-order valence-corrected chi connectivity index (χ1v) is 6.93. The minimum Gasteiger partial charge on any atom is -0.507 e. The number of phenolic OH excluding ortho intramolecular Hbond substituents is 1. The molecule has 1 aromatic rings. The van der Waals surface area contributed by atoms with Crippen molar-refractivity contribution in [2.75, 3.05) is 7.11 Å². The van der Waals surface area contributed by atoms with Crippen LogP contribution in [-0.2, 0) is 0 Å². The van der Waals surface area contributed by atoms with E-state index in [9.17, 15) is 10.2 Å². The maximum atomic E-state index is 10.0. The Labute approximate surface area is 114 Å². The van der Waals surface area contributed by atoms with E-state index in [0.717, 1.165) is 31.2 Å². The number of rotatable bonds is 4. The highest BCUT2D eigenvalue weighted by Crippen LogP contribution is 2.29. The lowest BCUT2D eigenvalue weighted by Gasteiger charge is -2.31. The van der Waals surface area contributed by atoms with Crippen molar-refractivity contribution in [1.29, 1.82) is 0 Å². The van der Waals surface area contributed by atoms with Crippen LogP contribution in [0.25, 0.3) is 0 Å². The summed E-state index contributed by atoms with van der Waals surface area (Å²) >= 11 is 0. The van der Waals surface area contributed by atoms with Crippen molar-refractivity contribution in [1.82, 2.24) is 5.32 Å². The summed E-state index contributed by atoms with van der Waals surface area (Å²) < 4.78 is 5.08. The van der Waals surface area contributed by atoms with Crippen LogP contribution in [0.1, 0.15) is 44.2 Å². The Morgan fingerprint density at radius 3 is 2.68 bits per heavy atom. The van der Waals surface area contributed by atoms with Gasteiger partial charge in [0.15, 0.2) is 0 Å². The molecule has 2 rings (SSSR count). The smallest absolute Gasteiger partial charge is 0.124 e. The molecule has 3 unspecified atom stereocenters. The van der Waals surface area contributed by atoms with E-state index in [1.807, 2.05) is 19.1 Å². The molecular weight excluding hydrogens is 242 g/mol. The van der Waals surface area contributed by atoms with Crippen molar-refractivity contribution >= 4 is 0 Å². The summed E-state index contributed by atoms with van der Waals surface area (Å²) in [6, 6.07) is 5.44. The molecule has 0 spiro atoms. The van der Waals surface area contributed by atoms with E-state index >= 15 is 0 Å². The van der Waals surface area contributed by atoms with Gasteiger partial charge in [0.2, 0.25) is 0 Å². The molecule has 4 heteroatoms. The lowest BCUT2D eigenvalue weighted by molar-refractivity contribution is 0.0858. The van der Waals surface area contributed by atoms with Crippen LogP contribution in [0.2, 0.25) is 0 Å². The third-order valence-corrected chi connectivity index (χ3v) is 3.90. The van der Waals surface area contributed by atoms with E-state index in [1.54, 1.807) is 13.2 Å². The lowest BCUT2D eigenvalue weighted by Crippen LogP contribution is -2.43. The van der Waals surface area contributed by atoms with Crippen molar-refractivity contribution in [3.05, 3.63) is 23.8 Å². The fourth-order valence-corrected chi connectivity index (χ4v) is 2.73. The summed E-state index contributed by atoms with van der Waals surface area (Å²) in [5.74, 6) is 0.871. The van der Waals surface area contributed by atoms with E-state index < -0.39 is 0 Å². The van der Waals surface area contributed by atoms with Gasteiger partial charge in [0.05, 0.1) is 13.2 Å². The Balaban J connectivity index is 2.04. The standard InChI is InChI=1S/C15H23NO3/c1-10(16-13-5-3-4-6-14(13)17)12-8-7-11(19-2)9-15(12)18/h7-10,13-14,16-18H,3-6H2,1-2H3. The van der Waals surface area contributed by atoms with Crippen LogP contribution in [0.5, 0.6) is 11.5 Å². The van der Waals surface area contributed by atoms with Gasteiger partial charge >= 0.3 is 0 Å². The number of phenols is 1. The van der Waals surface area contributed by atoms with Gasteiger partial charge in [0.25, 0.3) is 0 Å². The van der Waals surface area contributed by atoms with Crippen molar-refractivity contribution in [3.8, 4) is 11.5 Å². The molecule has 0 heterocycles. The quantitative estimate of drug-likeness (QED) is 0.782. The molecule has 3 N–H and O–H groups in total. The van der Waals surface area contributed by atoms with Gasteiger partial charge < -0.3 is 20.3 Å². The molecule has 4 nitrogen and oxygen atoms in total. The number of benzene rings is 1. The molecular formula is C15H23NO3. The molecule has 1 saturated carbocycles. The van der Waals surface area contributed by atoms with E-state index in [1.165, 1.54) is 0 Å². The van der Waals surface area contributed by atoms with Crippen molar-refractivity contribution in [3.63, 3.8) is 0 Å². The van der Waals surface area contributed by atoms with Crippen LogP contribution >= 0.6 is 0 Å². The minimum atomic E-state index is -0.281. The number of hydrogen-bond donors (Lipinski definition) is 3. The van der Waals surface area contributed by atoms with Crippen molar-refractivity contribution < 1.29 is 14.9 Å². The number of aliphatic hydroxyl groups is 1. The van der Waals surface area contributed by atoms with Crippen molar-refractivity contribution in [2.24, 2.45) is 0 Å². The fraction of sp³-hybridized carbons (Fsp3) is 0.600. The molecule has 19 heavy (non-hydrogen) atoms. The monoisotopic (exact) mass is 265 g/mol. The molecule has 1 aliphatic carbocycles. The zero-order valence-electron chi connectivity index (χ0n) is 11.6. The Morgan fingerprint density at radius 2 is 2.05 bits per heavy atom. The lowest BCUT2D eigenvalue weighted by atomic mass is 9.91. The minimum absolute atomic E-state index is 0.00339. The number of aliphatic hydroxyl groups excluding tert-OH is 1. The molecule has 0 radical (unpaired) electrons. The highest BCUT2D eigenvalue weighted by atomic mass is 16.5. The molecule has 0 amide bonds. The fourth-order valence-electron chi connectivity index (χ4n) is 2.73. The van der Waals surface area contributed by atoms with E-state index in [4.69, 9.17) is 4.74 Å². The van der Waals surface area contributed by atoms with Crippen LogP contribution in [-0.4, -0.2) is 29.5 Å². The predicted octanol–water partition coefficient (Wildman–Crippen LogP) is 2.35. The summed E-state index contributed by atoms with van der Waals surface area (Å²) in [5, 5.41) is 23.4. The second kappa shape index (κ2) is 6.26. The zero-order chi connectivity index (χ0) is 13.8. The summed E-state index contributed by atoms with van der Waals surface area (Å²) in [6.07, 6.45) is 3.82. The first-order valence-electron chi connectivity index (χ1n) is 6.93. The van der Waals surface area contributed by atoms with Crippen LogP contribution in [0.15, 0.2) is 18.2 Å². The highest BCUT2D eigenvalue weighted by Gasteiger charge is 2.25. The third-order valence-electron chi connectivity index (χ3n) is 3.90. The maximum Gasteiger partial charge on any atom is 0.124 e. The van der Waals surface area contributed by atoms with Gasteiger partial charge in [0.1, 0.15) is 11.5 Å². The van der Waals surface area contributed by atoms with E-state index in [0.29, 0.717) is 5.75 Å². The second-order valence-corrected chi connectivity index (χ2v) is 5.27. The van der Waals surface area contributed by atoms with Crippen LogP contribution in [0, 0.1) is 0 Å². The van der Waals surface area contributed by atoms with Crippen LogP contribution in [0.4, 0.5) is 0 Å². The van der Waals surface area contributed by atoms with Gasteiger partial charge in [-0.1, -0.05) is 18.9 Å². The summed E-state index contributed by atoms with van der Waals surface area (Å²) in [6.45, 7) is 2.00. The van der Waals surface area contributed by atoms with Crippen LogP contribution < -0.4 is 10.1 Å². The average molecular weight is 265 g/mol. The molecule has 0 saturated heterocycles. The molecule has 1 fully saturated rings. The molecule has 0 bridgehead atoms.